The first-order chi connectivity index (χ1) is 11.6. The van der Waals surface area contributed by atoms with Crippen LogP contribution < -0.4 is 10.2 Å². The van der Waals surface area contributed by atoms with Gasteiger partial charge in [-0.15, -0.1) is 5.10 Å². The van der Waals surface area contributed by atoms with E-state index < -0.39 is 0 Å². The van der Waals surface area contributed by atoms with Gasteiger partial charge in [0.2, 0.25) is 0 Å². The van der Waals surface area contributed by atoms with Gasteiger partial charge in [-0.2, -0.15) is 0 Å². The molecular weight excluding hydrogens is 372 g/mol. The van der Waals surface area contributed by atoms with Gasteiger partial charge in [0, 0.05) is 21.6 Å². The number of nitrogens with one attached hydrogen (secondary N) is 1. The number of benzene rings is 1. The number of H-pyrrole nitrogens is 1. The number of aromatic nitrogens is 4. The average Bonchev–Trinajstić information content (AvgIpc) is 3.00. The SMILES string of the molecule is COc1ccc2[nH]c(-c3nc4ccc(Br)cn4n3)c(C)c(=O)c2c1. The fourth-order valence-electron chi connectivity index (χ4n) is 2.68. The smallest absolute Gasteiger partial charge is 0.198 e. The predicted octanol–water partition coefficient (Wildman–Crippen LogP) is 3.32. The van der Waals surface area contributed by atoms with Crippen LogP contribution in [0.5, 0.6) is 5.75 Å². The maximum Gasteiger partial charge on any atom is 0.198 e. The molecule has 1 N–H and O–H groups in total. The molecule has 4 aromatic rings. The lowest BCUT2D eigenvalue weighted by Gasteiger charge is -2.07. The van der Waals surface area contributed by atoms with E-state index in [4.69, 9.17) is 4.74 Å². The van der Waals surface area contributed by atoms with Gasteiger partial charge in [0.15, 0.2) is 16.9 Å². The first-order valence-corrected chi connectivity index (χ1v) is 8.09. The van der Waals surface area contributed by atoms with Crippen molar-refractivity contribution in [2.75, 3.05) is 7.11 Å². The van der Waals surface area contributed by atoms with Gasteiger partial charge in [-0.25, -0.2) is 9.50 Å². The fraction of sp³-hybridized carbons (Fsp3) is 0.118. The molecule has 0 saturated carbocycles. The zero-order valence-electron chi connectivity index (χ0n) is 13.0. The second-order valence-electron chi connectivity index (χ2n) is 5.45. The summed E-state index contributed by atoms with van der Waals surface area (Å²) in [4.78, 5) is 20.5. The minimum absolute atomic E-state index is 0.0577. The number of nitrogens with zero attached hydrogens (tertiary/aromatic N) is 3. The number of aromatic amines is 1. The standard InChI is InChI=1S/C17H13BrN4O2/c1-9-15(17-20-14-6-3-10(18)8-22(14)21-17)19-13-5-4-11(24-2)7-12(13)16(9)23/h3-8H,1-2H3,(H,19,23). The highest BCUT2D eigenvalue weighted by Gasteiger charge is 2.15. The minimum Gasteiger partial charge on any atom is -0.497 e. The molecule has 0 unspecified atom stereocenters. The van der Waals surface area contributed by atoms with Crippen molar-refractivity contribution in [2.45, 2.75) is 6.92 Å². The van der Waals surface area contributed by atoms with Crippen molar-refractivity contribution in [1.29, 1.82) is 0 Å². The van der Waals surface area contributed by atoms with Crippen LogP contribution in [0.15, 0.2) is 45.8 Å². The van der Waals surface area contributed by atoms with Crippen LogP contribution in [0.2, 0.25) is 0 Å². The summed E-state index contributed by atoms with van der Waals surface area (Å²) in [7, 11) is 1.58. The Morgan fingerprint density at radius 3 is 2.88 bits per heavy atom. The number of rotatable bonds is 2. The molecule has 0 aliphatic heterocycles. The molecule has 0 aliphatic rings. The zero-order chi connectivity index (χ0) is 16.8. The summed E-state index contributed by atoms with van der Waals surface area (Å²) >= 11 is 3.41. The first kappa shape index (κ1) is 14.9. The van der Waals surface area contributed by atoms with Gasteiger partial charge in [0.25, 0.3) is 0 Å². The Morgan fingerprint density at radius 2 is 2.08 bits per heavy atom. The summed E-state index contributed by atoms with van der Waals surface area (Å²) in [6.45, 7) is 1.77. The van der Waals surface area contributed by atoms with Crippen molar-refractivity contribution < 1.29 is 4.74 Å². The summed E-state index contributed by atoms with van der Waals surface area (Å²) in [6, 6.07) is 9.13. The third-order valence-corrected chi connectivity index (χ3v) is 4.43. The van der Waals surface area contributed by atoms with Gasteiger partial charge in [0.1, 0.15) is 5.75 Å². The van der Waals surface area contributed by atoms with Crippen LogP contribution in [-0.2, 0) is 0 Å². The van der Waals surface area contributed by atoms with E-state index in [1.165, 1.54) is 0 Å². The maximum absolute atomic E-state index is 12.7. The van der Waals surface area contributed by atoms with Gasteiger partial charge < -0.3 is 9.72 Å². The molecule has 3 aromatic heterocycles. The highest BCUT2D eigenvalue weighted by Crippen LogP contribution is 2.23. The minimum atomic E-state index is -0.0577. The van der Waals surface area contributed by atoms with E-state index in [0.717, 1.165) is 9.99 Å². The lowest BCUT2D eigenvalue weighted by atomic mass is 10.1. The average molecular weight is 385 g/mol. The van der Waals surface area contributed by atoms with Crippen LogP contribution in [0, 0.1) is 6.92 Å². The molecule has 1 aromatic carbocycles. The molecule has 0 fully saturated rings. The van der Waals surface area contributed by atoms with E-state index in [0.29, 0.717) is 33.9 Å². The van der Waals surface area contributed by atoms with Gasteiger partial charge >= 0.3 is 0 Å². The summed E-state index contributed by atoms with van der Waals surface area (Å²) in [5.41, 5.74) is 2.57. The van der Waals surface area contributed by atoms with Crippen molar-refractivity contribution in [1.82, 2.24) is 19.6 Å². The number of methoxy groups -OCH3 is 1. The third-order valence-electron chi connectivity index (χ3n) is 3.97. The fourth-order valence-corrected chi connectivity index (χ4v) is 3.00. The second-order valence-corrected chi connectivity index (χ2v) is 6.37. The third kappa shape index (κ3) is 2.28. The van der Waals surface area contributed by atoms with E-state index in [9.17, 15) is 4.79 Å². The van der Waals surface area contributed by atoms with Crippen LogP contribution in [0.3, 0.4) is 0 Å². The molecule has 120 valence electrons. The number of fused-ring (bicyclic) bond motifs is 2. The quantitative estimate of drug-likeness (QED) is 0.575. The Labute approximate surface area is 145 Å². The molecule has 0 atom stereocenters. The summed E-state index contributed by atoms with van der Waals surface area (Å²) in [5.74, 6) is 1.14. The monoisotopic (exact) mass is 384 g/mol. The van der Waals surface area contributed by atoms with Gasteiger partial charge in [-0.1, -0.05) is 0 Å². The second kappa shape index (κ2) is 5.45. The molecule has 6 nitrogen and oxygen atoms in total. The normalized spacial score (nSPS) is 11.3. The Hall–Kier alpha value is -2.67. The maximum atomic E-state index is 12.7. The van der Waals surface area contributed by atoms with Crippen molar-refractivity contribution in [2.24, 2.45) is 0 Å². The first-order valence-electron chi connectivity index (χ1n) is 7.30. The summed E-state index contributed by atoms with van der Waals surface area (Å²) < 4.78 is 7.78. The molecule has 0 radical (unpaired) electrons. The van der Waals surface area contributed by atoms with Crippen LogP contribution in [0.4, 0.5) is 0 Å². The Kier molecular flexibility index (Phi) is 3.38. The van der Waals surface area contributed by atoms with Crippen LogP contribution in [0.1, 0.15) is 5.56 Å². The van der Waals surface area contributed by atoms with Gasteiger partial charge in [-0.05, 0) is 53.2 Å². The molecule has 0 saturated heterocycles. The number of hydrogen-bond acceptors (Lipinski definition) is 4. The molecule has 7 heteroatoms. The van der Waals surface area contributed by atoms with Crippen molar-refractivity contribution in [3.63, 3.8) is 0 Å². The zero-order valence-corrected chi connectivity index (χ0v) is 14.6. The molecule has 4 rings (SSSR count). The van der Waals surface area contributed by atoms with Gasteiger partial charge in [-0.3, -0.25) is 4.79 Å². The van der Waals surface area contributed by atoms with Crippen LogP contribution in [0.25, 0.3) is 28.1 Å². The lowest BCUT2D eigenvalue weighted by Crippen LogP contribution is -2.10. The van der Waals surface area contributed by atoms with Gasteiger partial charge in [0.05, 0.1) is 18.3 Å². The van der Waals surface area contributed by atoms with E-state index in [1.807, 2.05) is 30.5 Å². The number of pyridine rings is 2. The molecular formula is C17H13BrN4O2. The molecule has 0 spiro atoms. The molecule has 24 heavy (non-hydrogen) atoms. The molecule has 3 heterocycles. The highest BCUT2D eigenvalue weighted by atomic mass is 79.9. The predicted molar refractivity (Wildman–Crippen MR) is 95.5 cm³/mol. The largest absolute Gasteiger partial charge is 0.497 e. The van der Waals surface area contributed by atoms with E-state index in [2.05, 4.69) is 31.0 Å². The van der Waals surface area contributed by atoms with Crippen LogP contribution in [-0.4, -0.2) is 26.7 Å². The number of halogens is 1. The molecule has 0 bridgehead atoms. The number of hydrogen-bond donors (Lipinski definition) is 1. The molecule has 0 aliphatic carbocycles. The summed E-state index contributed by atoms with van der Waals surface area (Å²) in [5, 5.41) is 5.05. The van der Waals surface area contributed by atoms with E-state index in [-0.39, 0.29) is 5.43 Å². The van der Waals surface area contributed by atoms with Crippen molar-refractivity contribution in [3.8, 4) is 17.3 Å². The van der Waals surface area contributed by atoms with E-state index >= 15 is 0 Å². The summed E-state index contributed by atoms with van der Waals surface area (Å²) in [6.07, 6.45) is 1.82. The Morgan fingerprint density at radius 1 is 1.25 bits per heavy atom. The van der Waals surface area contributed by atoms with E-state index in [1.54, 1.807) is 24.6 Å². The number of ether oxygens (including phenoxy) is 1. The highest BCUT2D eigenvalue weighted by molar-refractivity contribution is 9.10. The van der Waals surface area contributed by atoms with Crippen molar-refractivity contribution >= 4 is 32.5 Å². The Bertz CT molecular complexity index is 1150. The van der Waals surface area contributed by atoms with Crippen LogP contribution >= 0.6 is 15.9 Å². The Balaban J connectivity index is 1.98. The molecule has 0 amide bonds. The topological polar surface area (TPSA) is 72.3 Å². The van der Waals surface area contributed by atoms with Crippen molar-refractivity contribution in [3.05, 3.63) is 56.8 Å². The lowest BCUT2D eigenvalue weighted by molar-refractivity contribution is 0.415.